The standard InChI is InChI=1S/C19H19ClO4/c1-11(2)23-17-10-15-13(8-16(17)22-3)9-18(21)24-19(15)12-4-6-14(20)7-5-12/h4-8,10-11,19H,9H2,1-3H3. The number of halogens is 1. The second-order valence-electron chi connectivity index (χ2n) is 5.97. The molecule has 1 aliphatic heterocycles. The second kappa shape index (κ2) is 6.73. The molecule has 1 unspecified atom stereocenters. The highest BCUT2D eigenvalue weighted by atomic mass is 35.5. The topological polar surface area (TPSA) is 44.8 Å². The fourth-order valence-electron chi connectivity index (χ4n) is 2.80. The van der Waals surface area contributed by atoms with E-state index in [0.29, 0.717) is 16.5 Å². The van der Waals surface area contributed by atoms with E-state index in [1.807, 2.05) is 38.1 Å². The molecule has 0 aliphatic carbocycles. The van der Waals surface area contributed by atoms with Gasteiger partial charge in [0, 0.05) is 10.6 Å². The van der Waals surface area contributed by atoms with E-state index >= 15 is 0 Å². The Labute approximate surface area is 146 Å². The normalized spacial score (nSPS) is 16.5. The Morgan fingerprint density at radius 3 is 2.50 bits per heavy atom. The van der Waals surface area contributed by atoms with Gasteiger partial charge in [-0.2, -0.15) is 0 Å². The monoisotopic (exact) mass is 346 g/mol. The molecule has 0 radical (unpaired) electrons. The van der Waals surface area contributed by atoms with E-state index in [-0.39, 0.29) is 18.5 Å². The van der Waals surface area contributed by atoms with Crippen LogP contribution in [0, 0.1) is 0 Å². The molecule has 4 nitrogen and oxygen atoms in total. The highest BCUT2D eigenvalue weighted by molar-refractivity contribution is 6.30. The quantitative estimate of drug-likeness (QED) is 0.773. The minimum absolute atomic E-state index is 0.0112. The lowest BCUT2D eigenvalue weighted by Crippen LogP contribution is -2.22. The molecular formula is C19H19ClO4. The van der Waals surface area contributed by atoms with E-state index in [2.05, 4.69) is 0 Å². The molecular weight excluding hydrogens is 328 g/mol. The average Bonchev–Trinajstić information content (AvgIpc) is 2.54. The van der Waals surface area contributed by atoms with Crippen LogP contribution in [-0.4, -0.2) is 19.2 Å². The number of hydrogen-bond donors (Lipinski definition) is 0. The molecule has 0 spiro atoms. The van der Waals surface area contributed by atoms with E-state index < -0.39 is 6.10 Å². The van der Waals surface area contributed by atoms with Gasteiger partial charge in [-0.25, -0.2) is 0 Å². The fourth-order valence-corrected chi connectivity index (χ4v) is 2.92. The molecule has 5 heteroatoms. The number of carbonyl (C=O) groups is 1. The number of cyclic esters (lactones) is 1. The van der Waals surface area contributed by atoms with Crippen molar-refractivity contribution in [2.45, 2.75) is 32.5 Å². The molecule has 1 heterocycles. The van der Waals surface area contributed by atoms with Crippen molar-refractivity contribution in [1.82, 2.24) is 0 Å². The Balaban J connectivity index is 2.09. The zero-order valence-electron chi connectivity index (χ0n) is 13.8. The van der Waals surface area contributed by atoms with Crippen LogP contribution in [0.4, 0.5) is 0 Å². The van der Waals surface area contributed by atoms with Gasteiger partial charge in [0.15, 0.2) is 17.6 Å². The van der Waals surface area contributed by atoms with Crippen molar-refractivity contribution in [3.8, 4) is 11.5 Å². The number of carbonyl (C=O) groups excluding carboxylic acids is 1. The molecule has 0 amide bonds. The zero-order valence-corrected chi connectivity index (χ0v) is 14.6. The lowest BCUT2D eigenvalue weighted by molar-refractivity contribution is -0.148. The van der Waals surface area contributed by atoms with E-state index in [0.717, 1.165) is 16.7 Å². The first kappa shape index (κ1) is 16.7. The van der Waals surface area contributed by atoms with Crippen LogP contribution in [0.5, 0.6) is 11.5 Å². The van der Waals surface area contributed by atoms with Crippen molar-refractivity contribution in [2.75, 3.05) is 7.11 Å². The van der Waals surface area contributed by atoms with Crippen LogP contribution in [0.25, 0.3) is 0 Å². The molecule has 1 atom stereocenters. The van der Waals surface area contributed by atoms with E-state index in [1.165, 1.54) is 0 Å². The minimum atomic E-state index is -0.473. The summed E-state index contributed by atoms with van der Waals surface area (Å²) >= 11 is 5.96. The first-order valence-corrected chi connectivity index (χ1v) is 8.18. The molecule has 0 fully saturated rings. The molecule has 24 heavy (non-hydrogen) atoms. The number of esters is 1. The van der Waals surface area contributed by atoms with Crippen molar-refractivity contribution in [3.63, 3.8) is 0 Å². The second-order valence-corrected chi connectivity index (χ2v) is 6.40. The summed E-state index contributed by atoms with van der Waals surface area (Å²) in [6, 6.07) is 11.1. The molecule has 0 aromatic heterocycles. The molecule has 0 saturated carbocycles. The molecule has 2 aromatic rings. The van der Waals surface area contributed by atoms with Gasteiger partial charge >= 0.3 is 5.97 Å². The molecule has 126 valence electrons. The Hall–Kier alpha value is -2.20. The number of fused-ring (bicyclic) bond motifs is 1. The third-order valence-corrected chi connectivity index (χ3v) is 4.08. The summed E-state index contributed by atoms with van der Waals surface area (Å²) in [6.45, 7) is 3.91. The van der Waals surface area contributed by atoms with Gasteiger partial charge in [0.05, 0.1) is 19.6 Å². The van der Waals surface area contributed by atoms with Crippen LogP contribution in [-0.2, 0) is 16.0 Å². The van der Waals surface area contributed by atoms with Crippen LogP contribution in [0.15, 0.2) is 36.4 Å². The Bertz CT molecular complexity index is 753. The smallest absolute Gasteiger partial charge is 0.311 e. The lowest BCUT2D eigenvalue weighted by Gasteiger charge is -2.27. The van der Waals surface area contributed by atoms with Gasteiger partial charge in [-0.05, 0) is 49.2 Å². The van der Waals surface area contributed by atoms with Gasteiger partial charge in [-0.3, -0.25) is 4.79 Å². The maximum Gasteiger partial charge on any atom is 0.311 e. The third kappa shape index (κ3) is 3.34. The first-order chi connectivity index (χ1) is 11.5. The van der Waals surface area contributed by atoms with Crippen molar-refractivity contribution >= 4 is 17.6 Å². The SMILES string of the molecule is COc1cc2c(cc1OC(C)C)C(c1ccc(Cl)cc1)OC(=O)C2. The van der Waals surface area contributed by atoms with Gasteiger partial charge < -0.3 is 14.2 Å². The first-order valence-electron chi connectivity index (χ1n) is 7.80. The third-order valence-electron chi connectivity index (χ3n) is 3.83. The fraction of sp³-hybridized carbons (Fsp3) is 0.316. The maximum atomic E-state index is 12.0. The zero-order chi connectivity index (χ0) is 17.3. The van der Waals surface area contributed by atoms with Crippen LogP contribution in [0.2, 0.25) is 5.02 Å². The molecule has 1 aliphatic rings. The Kier molecular flexibility index (Phi) is 4.67. The summed E-state index contributed by atoms with van der Waals surface area (Å²) < 4.78 is 16.8. The predicted octanol–water partition coefficient (Wildman–Crippen LogP) is 4.32. The molecule has 0 bridgehead atoms. The van der Waals surface area contributed by atoms with Crippen LogP contribution < -0.4 is 9.47 Å². The largest absolute Gasteiger partial charge is 0.493 e. The summed E-state index contributed by atoms with van der Waals surface area (Å²) in [5.74, 6) is 0.997. The molecule has 0 N–H and O–H groups in total. The molecule has 2 aromatic carbocycles. The van der Waals surface area contributed by atoms with Gasteiger partial charge in [-0.1, -0.05) is 23.7 Å². The maximum absolute atomic E-state index is 12.0. The average molecular weight is 347 g/mol. The lowest BCUT2D eigenvalue weighted by atomic mass is 9.92. The summed E-state index contributed by atoms with van der Waals surface area (Å²) in [4.78, 5) is 12.0. The van der Waals surface area contributed by atoms with Crippen LogP contribution >= 0.6 is 11.6 Å². The minimum Gasteiger partial charge on any atom is -0.493 e. The summed E-state index contributed by atoms with van der Waals surface area (Å²) in [7, 11) is 1.59. The van der Waals surface area contributed by atoms with Gasteiger partial charge in [-0.15, -0.1) is 0 Å². The Morgan fingerprint density at radius 2 is 1.88 bits per heavy atom. The van der Waals surface area contributed by atoms with Crippen molar-refractivity contribution in [2.24, 2.45) is 0 Å². The van der Waals surface area contributed by atoms with Gasteiger partial charge in [0.1, 0.15) is 0 Å². The number of rotatable bonds is 4. The summed E-state index contributed by atoms with van der Waals surface area (Å²) in [6.07, 6.45) is -0.242. The van der Waals surface area contributed by atoms with Crippen molar-refractivity contribution in [1.29, 1.82) is 0 Å². The summed E-state index contributed by atoms with van der Waals surface area (Å²) in [5.41, 5.74) is 2.67. The highest BCUT2D eigenvalue weighted by Gasteiger charge is 2.30. The number of hydrogen-bond acceptors (Lipinski definition) is 4. The van der Waals surface area contributed by atoms with Crippen LogP contribution in [0.1, 0.15) is 36.6 Å². The number of ether oxygens (including phenoxy) is 3. The van der Waals surface area contributed by atoms with E-state index in [1.54, 1.807) is 19.2 Å². The summed E-state index contributed by atoms with van der Waals surface area (Å²) in [5, 5.41) is 0.639. The number of methoxy groups -OCH3 is 1. The Morgan fingerprint density at radius 1 is 1.17 bits per heavy atom. The van der Waals surface area contributed by atoms with E-state index in [9.17, 15) is 4.79 Å². The highest BCUT2D eigenvalue weighted by Crippen LogP contribution is 2.40. The number of benzene rings is 2. The molecule has 3 rings (SSSR count). The van der Waals surface area contributed by atoms with Crippen LogP contribution in [0.3, 0.4) is 0 Å². The van der Waals surface area contributed by atoms with Crippen molar-refractivity contribution in [3.05, 3.63) is 58.1 Å². The van der Waals surface area contributed by atoms with Gasteiger partial charge in [0.25, 0.3) is 0 Å². The molecule has 0 saturated heterocycles. The van der Waals surface area contributed by atoms with E-state index in [4.69, 9.17) is 25.8 Å². The predicted molar refractivity (Wildman–Crippen MR) is 91.8 cm³/mol. The van der Waals surface area contributed by atoms with Crippen molar-refractivity contribution < 1.29 is 19.0 Å². The van der Waals surface area contributed by atoms with Gasteiger partial charge in [0.2, 0.25) is 0 Å².